The van der Waals surface area contributed by atoms with Gasteiger partial charge in [0.15, 0.2) is 0 Å². The normalized spacial score (nSPS) is 10.8. The van der Waals surface area contributed by atoms with Gasteiger partial charge in [-0.15, -0.1) is 11.8 Å². The Morgan fingerprint density at radius 3 is 2.73 bits per heavy atom. The highest BCUT2D eigenvalue weighted by Crippen LogP contribution is 2.32. The number of hydrogen-bond donors (Lipinski definition) is 1. The molecule has 2 rings (SSSR count). The van der Waals surface area contributed by atoms with Gasteiger partial charge in [-0.25, -0.2) is 0 Å². The van der Waals surface area contributed by atoms with Crippen LogP contribution in [-0.2, 0) is 0 Å². The number of thioether (sulfide) groups is 1. The van der Waals surface area contributed by atoms with Crippen molar-refractivity contribution in [2.75, 3.05) is 12.3 Å². The summed E-state index contributed by atoms with van der Waals surface area (Å²) in [6, 6.07) is 12.8. The Labute approximate surface area is 108 Å². The Morgan fingerprint density at radius 1 is 1.13 bits per heavy atom. The Bertz CT molecular complexity index is 470. The second kappa shape index (κ2) is 5.18. The third-order valence-corrected chi connectivity index (χ3v) is 4.63. The van der Waals surface area contributed by atoms with E-state index < -0.39 is 0 Å². The number of halogens is 1. The molecule has 0 atom stereocenters. The lowest BCUT2D eigenvalue weighted by molar-refractivity contribution is 1.15. The van der Waals surface area contributed by atoms with Crippen molar-refractivity contribution < 1.29 is 0 Å². The summed E-state index contributed by atoms with van der Waals surface area (Å²) in [5.41, 5.74) is 5.55. The zero-order chi connectivity index (χ0) is 10.7. The van der Waals surface area contributed by atoms with Gasteiger partial charge in [-0.05, 0) is 39.4 Å². The van der Waals surface area contributed by atoms with Crippen LogP contribution in [0.2, 0.25) is 0 Å². The molecule has 0 saturated heterocycles. The van der Waals surface area contributed by atoms with Crippen molar-refractivity contribution in [1.82, 2.24) is 0 Å². The summed E-state index contributed by atoms with van der Waals surface area (Å²) < 4.78 is 1.31. The van der Waals surface area contributed by atoms with Crippen molar-refractivity contribution >= 4 is 45.1 Å². The van der Waals surface area contributed by atoms with Gasteiger partial charge in [0.1, 0.15) is 0 Å². The van der Waals surface area contributed by atoms with Gasteiger partial charge in [-0.2, -0.15) is 0 Å². The third-order valence-electron chi connectivity index (χ3n) is 2.20. The van der Waals surface area contributed by atoms with Crippen molar-refractivity contribution in [1.29, 1.82) is 0 Å². The molecular weight excluding hydrogens is 317 g/mol. The topological polar surface area (TPSA) is 26.0 Å². The molecule has 2 aromatic carbocycles. The van der Waals surface area contributed by atoms with Crippen molar-refractivity contribution in [3.05, 3.63) is 40.0 Å². The minimum absolute atomic E-state index is 0.726. The van der Waals surface area contributed by atoms with Gasteiger partial charge in [-0.1, -0.05) is 30.3 Å². The summed E-state index contributed by atoms with van der Waals surface area (Å²) in [7, 11) is 0. The highest BCUT2D eigenvalue weighted by molar-refractivity contribution is 14.1. The highest BCUT2D eigenvalue weighted by atomic mass is 127. The Hall–Kier alpha value is -0.260. The van der Waals surface area contributed by atoms with Crippen LogP contribution < -0.4 is 5.73 Å². The number of nitrogens with two attached hydrogens (primary N) is 1. The van der Waals surface area contributed by atoms with Gasteiger partial charge < -0.3 is 5.73 Å². The molecule has 2 aromatic rings. The summed E-state index contributed by atoms with van der Waals surface area (Å²) in [5, 5.41) is 2.64. The van der Waals surface area contributed by atoms with E-state index in [1.165, 1.54) is 19.2 Å². The van der Waals surface area contributed by atoms with Gasteiger partial charge >= 0.3 is 0 Å². The maximum Gasteiger partial charge on any atom is 0.0285 e. The molecule has 0 heterocycles. The maximum atomic E-state index is 5.55. The van der Waals surface area contributed by atoms with Gasteiger partial charge in [0.2, 0.25) is 0 Å². The first kappa shape index (κ1) is 11.2. The molecule has 0 bridgehead atoms. The Morgan fingerprint density at radius 2 is 1.93 bits per heavy atom. The lowest BCUT2D eigenvalue weighted by Gasteiger charge is -2.07. The molecule has 0 unspecified atom stereocenters. The molecule has 3 heteroatoms. The zero-order valence-electron chi connectivity index (χ0n) is 8.24. The van der Waals surface area contributed by atoms with E-state index in [1.54, 1.807) is 0 Å². The molecule has 0 saturated carbocycles. The second-order valence-electron chi connectivity index (χ2n) is 3.23. The minimum atomic E-state index is 0.726. The third kappa shape index (κ3) is 2.46. The number of benzene rings is 2. The molecule has 0 aliphatic heterocycles. The van der Waals surface area contributed by atoms with Gasteiger partial charge in [0.05, 0.1) is 0 Å². The summed E-state index contributed by atoms with van der Waals surface area (Å²) in [5.74, 6) is 0.976. The summed E-state index contributed by atoms with van der Waals surface area (Å²) in [6.07, 6.45) is 0. The molecule has 15 heavy (non-hydrogen) atoms. The molecule has 0 aromatic heterocycles. The Balaban J connectivity index is 2.53. The molecule has 2 N–H and O–H groups in total. The molecule has 0 fully saturated rings. The quantitative estimate of drug-likeness (QED) is 0.689. The second-order valence-corrected chi connectivity index (χ2v) is 5.50. The molecule has 1 nitrogen and oxygen atoms in total. The fourth-order valence-electron chi connectivity index (χ4n) is 1.52. The van der Waals surface area contributed by atoms with Crippen LogP contribution >= 0.6 is 34.4 Å². The SMILES string of the molecule is NCCSc1c(I)ccc2ccccc12. The van der Waals surface area contributed by atoms with Crippen LogP contribution in [0, 0.1) is 3.57 Å². The van der Waals surface area contributed by atoms with Gasteiger partial charge in [0, 0.05) is 20.8 Å². The van der Waals surface area contributed by atoms with E-state index in [9.17, 15) is 0 Å². The average molecular weight is 329 g/mol. The van der Waals surface area contributed by atoms with E-state index >= 15 is 0 Å². The molecule has 78 valence electrons. The molecule has 0 aliphatic carbocycles. The lowest BCUT2D eigenvalue weighted by atomic mass is 10.1. The lowest BCUT2D eigenvalue weighted by Crippen LogP contribution is -2.01. The van der Waals surface area contributed by atoms with E-state index in [2.05, 4.69) is 59.0 Å². The standard InChI is InChI=1S/C12H12INS/c13-11-6-5-9-3-1-2-4-10(9)12(11)15-8-7-14/h1-6H,7-8,14H2. The Kier molecular flexibility index (Phi) is 3.88. The fourth-order valence-corrected chi connectivity index (χ4v) is 3.33. The van der Waals surface area contributed by atoms with E-state index in [0.29, 0.717) is 0 Å². The maximum absolute atomic E-state index is 5.55. The molecule has 0 radical (unpaired) electrons. The largest absolute Gasteiger partial charge is 0.330 e. The summed E-state index contributed by atoms with van der Waals surface area (Å²) in [4.78, 5) is 1.36. The fraction of sp³-hybridized carbons (Fsp3) is 0.167. The average Bonchev–Trinajstić information content (AvgIpc) is 2.28. The molecule has 0 amide bonds. The zero-order valence-corrected chi connectivity index (χ0v) is 11.2. The van der Waals surface area contributed by atoms with Crippen LogP contribution in [0.4, 0.5) is 0 Å². The molecule has 0 spiro atoms. The van der Waals surface area contributed by atoms with E-state index in [4.69, 9.17) is 5.73 Å². The van der Waals surface area contributed by atoms with Crippen molar-refractivity contribution in [2.45, 2.75) is 4.90 Å². The smallest absolute Gasteiger partial charge is 0.0285 e. The monoisotopic (exact) mass is 329 g/mol. The van der Waals surface area contributed by atoms with E-state index in [1.807, 2.05) is 11.8 Å². The molecular formula is C12H12INS. The van der Waals surface area contributed by atoms with Crippen LogP contribution in [-0.4, -0.2) is 12.3 Å². The summed E-state index contributed by atoms with van der Waals surface area (Å²) >= 11 is 4.23. The van der Waals surface area contributed by atoms with Gasteiger partial charge in [-0.3, -0.25) is 0 Å². The first-order valence-corrected chi connectivity index (χ1v) is 6.89. The first-order valence-electron chi connectivity index (χ1n) is 4.83. The van der Waals surface area contributed by atoms with Crippen LogP contribution in [0.5, 0.6) is 0 Å². The minimum Gasteiger partial charge on any atom is -0.330 e. The molecule has 0 aliphatic rings. The van der Waals surface area contributed by atoms with E-state index in [-0.39, 0.29) is 0 Å². The predicted molar refractivity (Wildman–Crippen MR) is 76.4 cm³/mol. The first-order chi connectivity index (χ1) is 7.33. The van der Waals surface area contributed by atoms with Gasteiger partial charge in [0.25, 0.3) is 0 Å². The number of fused-ring (bicyclic) bond motifs is 1. The van der Waals surface area contributed by atoms with Crippen molar-refractivity contribution in [2.24, 2.45) is 5.73 Å². The predicted octanol–water partition coefficient (Wildman–Crippen LogP) is 3.50. The highest BCUT2D eigenvalue weighted by Gasteiger charge is 2.05. The van der Waals surface area contributed by atoms with Crippen LogP contribution in [0.15, 0.2) is 41.3 Å². The summed E-state index contributed by atoms with van der Waals surface area (Å²) in [6.45, 7) is 0.726. The van der Waals surface area contributed by atoms with Crippen LogP contribution in [0.1, 0.15) is 0 Å². The number of rotatable bonds is 3. The number of hydrogen-bond acceptors (Lipinski definition) is 2. The van der Waals surface area contributed by atoms with Crippen molar-refractivity contribution in [3.8, 4) is 0 Å². The van der Waals surface area contributed by atoms with E-state index in [0.717, 1.165) is 12.3 Å². The van der Waals surface area contributed by atoms with Crippen LogP contribution in [0.3, 0.4) is 0 Å². The van der Waals surface area contributed by atoms with Crippen LogP contribution in [0.25, 0.3) is 10.8 Å². The van der Waals surface area contributed by atoms with Crippen molar-refractivity contribution in [3.63, 3.8) is 0 Å².